The molecule has 0 bridgehead atoms. The molecular formula is C22H32ClNO3. The minimum absolute atomic E-state index is 0. The molecule has 4 nitrogen and oxygen atoms in total. The maximum absolute atomic E-state index is 10.2. The predicted octanol–water partition coefficient (Wildman–Crippen LogP) is 0.559. The summed E-state index contributed by atoms with van der Waals surface area (Å²) in [5.41, 5.74) is 2.60. The van der Waals surface area contributed by atoms with Crippen LogP contribution in [0.4, 0.5) is 0 Å². The molecule has 0 aromatic heterocycles. The lowest BCUT2D eigenvalue weighted by molar-refractivity contribution is -0.922. The van der Waals surface area contributed by atoms with Crippen LogP contribution in [-0.4, -0.2) is 49.0 Å². The monoisotopic (exact) mass is 393 g/mol. The Morgan fingerprint density at radius 3 is 2.89 bits per heavy atom. The minimum atomic E-state index is -0.414. The lowest BCUT2D eigenvalue weighted by Gasteiger charge is -2.37. The molecule has 0 amide bonds. The first kappa shape index (κ1) is 20.5. The topological polar surface area (TPSA) is 38.7 Å². The number of hydrogen-bond donors (Lipinski definition) is 1. The summed E-state index contributed by atoms with van der Waals surface area (Å²) in [6.45, 7) is 5.68. The highest BCUT2D eigenvalue weighted by atomic mass is 35.5. The molecule has 2 heterocycles. The third kappa shape index (κ3) is 3.37. The molecule has 1 aliphatic carbocycles. The van der Waals surface area contributed by atoms with E-state index in [0.29, 0.717) is 6.42 Å². The number of halogens is 1. The van der Waals surface area contributed by atoms with Gasteiger partial charge in [0.15, 0.2) is 11.5 Å². The lowest BCUT2D eigenvalue weighted by Crippen LogP contribution is -3.00. The van der Waals surface area contributed by atoms with E-state index in [0.717, 1.165) is 35.5 Å². The highest BCUT2D eigenvalue weighted by molar-refractivity contribution is 5.60. The standard InChI is InChI=1S/C22H32NO3.ClH/c1-4-5-6-12-23(2)13-11-22-10-9-17(24)14-19(22)26-21-18(25-3)8-7-16(15-23)20(21)22;/h7-10,17,19,24H,4-6,11-15H2,1-3H3;1H/q+1;/p-1/t17-,19-,22-,23+;/m0./s1. The van der Waals surface area contributed by atoms with Crippen molar-refractivity contribution in [2.45, 2.75) is 63.2 Å². The summed E-state index contributed by atoms with van der Waals surface area (Å²) in [5, 5.41) is 10.2. The number of quaternary nitrogens is 1. The molecule has 0 unspecified atom stereocenters. The van der Waals surface area contributed by atoms with Gasteiger partial charge in [-0.2, -0.15) is 0 Å². The Morgan fingerprint density at radius 2 is 2.15 bits per heavy atom. The molecule has 5 heteroatoms. The van der Waals surface area contributed by atoms with Crippen LogP contribution in [0.15, 0.2) is 24.3 Å². The maximum atomic E-state index is 10.2. The SMILES string of the molecule is CCCCC[N@+]1(C)CC[C@@]23C=C[C@H](O)C[C@@H]2Oc2c(OC)ccc(c23)C1.[Cl-]. The van der Waals surface area contributed by atoms with E-state index in [9.17, 15) is 5.11 Å². The number of unbranched alkanes of at least 4 members (excludes halogenated alkanes) is 2. The third-order valence-electron chi connectivity index (χ3n) is 6.72. The first-order valence-corrected chi connectivity index (χ1v) is 10.1. The van der Waals surface area contributed by atoms with Crippen molar-refractivity contribution in [2.24, 2.45) is 0 Å². The molecule has 1 aromatic rings. The van der Waals surface area contributed by atoms with Crippen LogP contribution in [0.25, 0.3) is 0 Å². The van der Waals surface area contributed by atoms with Crippen molar-refractivity contribution in [1.29, 1.82) is 0 Å². The molecule has 1 spiro atoms. The van der Waals surface area contributed by atoms with Crippen LogP contribution in [-0.2, 0) is 12.0 Å². The van der Waals surface area contributed by atoms with Crippen molar-refractivity contribution in [1.82, 2.24) is 0 Å². The quantitative estimate of drug-likeness (QED) is 0.451. The van der Waals surface area contributed by atoms with E-state index in [1.807, 2.05) is 6.08 Å². The van der Waals surface area contributed by atoms with Crippen LogP contribution in [0.3, 0.4) is 0 Å². The Bertz CT molecular complexity index is 722. The summed E-state index contributed by atoms with van der Waals surface area (Å²) in [6.07, 6.45) is 9.39. The molecule has 2 aliphatic heterocycles. The van der Waals surface area contributed by atoms with Gasteiger partial charge in [-0.3, -0.25) is 0 Å². The minimum Gasteiger partial charge on any atom is -1.00 e. The first-order chi connectivity index (χ1) is 12.5. The van der Waals surface area contributed by atoms with Gasteiger partial charge in [0.1, 0.15) is 12.6 Å². The summed E-state index contributed by atoms with van der Waals surface area (Å²) < 4.78 is 13.1. The number of methoxy groups -OCH3 is 1. The highest BCUT2D eigenvalue weighted by Gasteiger charge is 2.54. The Labute approximate surface area is 169 Å². The van der Waals surface area contributed by atoms with Crippen molar-refractivity contribution < 1.29 is 31.5 Å². The molecule has 3 aliphatic rings. The highest BCUT2D eigenvalue weighted by Crippen LogP contribution is 2.56. The average Bonchev–Trinajstić information content (AvgIpc) is 2.89. The Morgan fingerprint density at radius 1 is 1.33 bits per heavy atom. The first-order valence-electron chi connectivity index (χ1n) is 10.1. The zero-order chi connectivity index (χ0) is 18.4. The predicted molar refractivity (Wildman–Crippen MR) is 103 cm³/mol. The second kappa shape index (κ2) is 7.65. The summed E-state index contributed by atoms with van der Waals surface area (Å²) in [4.78, 5) is 0. The fourth-order valence-electron chi connectivity index (χ4n) is 5.21. The second-order valence-corrected chi connectivity index (χ2v) is 8.62. The van der Waals surface area contributed by atoms with E-state index in [1.165, 1.54) is 36.9 Å². The number of benzene rings is 1. The molecule has 0 saturated carbocycles. The van der Waals surface area contributed by atoms with Crippen LogP contribution in [0.2, 0.25) is 0 Å². The van der Waals surface area contributed by atoms with Crippen molar-refractivity contribution in [2.75, 3.05) is 27.2 Å². The molecular weight excluding hydrogens is 362 g/mol. The molecule has 0 saturated heterocycles. The molecule has 27 heavy (non-hydrogen) atoms. The summed E-state index contributed by atoms with van der Waals surface area (Å²) in [7, 11) is 4.11. The van der Waals surface area contributed by atoms with Gasteiger partial charge in [-0.1, -0.05) is 25.5 Å². The van der Waals surface area contributed by atoms with Gasteiger partial charge in [-0.05, 0) is 25.0 Å². The van der Waals surface area contributed by atoms with E-state index in [-0.39, 0.29) is 23.9 Å². The van der Waals surface area contributed by atoms with Crippen LogP contribution >= 0.6 is 0 Å². The number of rotatable bonds is 5. The zero-order valence-corrected chi connectivity index (χ0v) is 17.5. The van der Waals surface area contributed by atoms with Gasteiger partial charge in [-0.25, -0.2) is 0 Å². The number of ether oxygens (including phenoxy) is 2. The fraction of sp³-hybridized carbons (Fsp3) is 0.636. The molecule has 150 valence electrons. The van der Waals surface area contributed by atoms with Gasteiger partial charge in [0.25, 0.3) is 0 Å². The summed E-state index contributed by atoms with van der Waals surface area (Å²) in [5.74, 6) is 1.73. The van der Waals surface area contributed by atoms with Crippen molar-refractivity contribution in [3.8, 4) is 11.5 Å². The molecule has 0 radical (unpaired) electrons. The molecule has 4 atom stereocenters. The van der Waals surface area contributed by atoms with E-state index in [1.54, 1.807) is 7.11 Å². The number of hydrogen-bond acceptors (Lipinski definition) is 3. The molecule has 0 fully saturated rings. The fourth-order valence-corrected chi connectivity index (χ4v) is 5.21. The van der Waals surface area contributed by atoms with E-state index in [2.05, 4.69) is 32.2 Å². The second-order valence-electron chi connectivity index (χ2n) is 8.62. The average molecular weight is 394 g/mol. The lowest BCUT2D eigenvalue weighted by atomic mass is 9.69. The van der Waals surface area contributed by atoms with Gasteiger partial charge in [0.2, 0.25) is 0 Å². The summed E-state index contributed by atoms with van der Waals surface area (Å²) >= 11 is 0. The van der Waals surface area contributed by atoms with Crippen LogP contribution in [0.5, 0.6) is 11.5 Å². The van der Waals surface area contributed by atoms with Crippen molar-refractivity contribution in [3.05, 3.63) is 35.4 Å². The van der Waals surface area contributed by atoms with Crippen LogP contribution in [0, 0.1) is 0 Å². The molecule has 1 N–H and O–H groups in total. The third-order valence-corrected chi connectivity index (χ3v) is 6.72. The zero-order valence-electron chi connectivity index (χ0n) is 16.7. The smallest absolute Gasteiger partial charge is 0.166 e. The molecule has 1 aromatic carbocycles. The van der Waals surface area contributed by atoms with Crippen molar-refractivity contribution in [3.63, 3.8) is 0 Å². The Kier molecular flexibility index (Phi) is 5.81. The van der Waals surface area contributed by atoms with Gasteiger partial charge in [0.05, 0.1) is 38.8 Å². The van der Waals surface area contributed by atoms with Crippen molar-refractivity contribution >= 4 is 0 Å². The number of aliphatic hydroxyl groups excluding tert-OH is 1. The normalized spacial score (nSPS) is 33.3. The van der Waals surface area contributed by atoms with Crippen LogP contribution in [0.1, 0.15) is 50.2 Å². The Balaban J connectivity index is 0.00000210. The van der Waals surface area contributed by atoms with Gasteiger partial charge in [-0.15, -0.1) is 0 Å². The Hall–Kier alpha value is -1.23. The number of aliphatic hydroxyl groups is 1. The van der Waals surface area contributed by atoms with E-state index >= 15 is 0 Å². The van der Waals surface area contributed by atoms with Gasteiger partial charge < -0.3 is 31.5 Å². The van der Waals surface area contributed by atoms with E-state index < -0.39 is 6.10 Å². The van der Waals surface area contributed by atoms with E-state index in [4.69, 9.17) is 9.47 Å². The maximum Gasteiger partial charge on any atom is 0.166 e. The van der Waals surface area contributed by atoms with Gasteiger partial charge >= 0.3 is 0 Å². The molecule has 4 rings (SSSR count). The van der Waals surface area contributed by atoms with Crippen LogP contribution < -0.4 is 21.9 Å². The van der Waals surface area contributed by atoms with Gasteiger partial charge in [0, 0.05) is 24.0 Å². The largest absolute Gasteiger partial charge is 1.00 e. The summed E-state index contributed by atoms with van der Waals surface area (Å²) in [6, 6.07) is 4.30. The number of nitrogens with zero attached hydrogens (tertiary/aromatic N) is 1.